The minimum Gasteiger partial charge on any atom is -0.490 e. The normalized spacial score (nSPS) is 11.1. The fraction of sp³-hybridized carbons (Fsp3) is 0.533. The zero-order valence-corrected chi connectivity index (χ0v) is 13.1. The molecule has 6 nitrogen and oxygen atoms in total. The summed E-state index contributed by atoms with van der Waals surface area (Å²) in [5.74, 6) is 7.45. The van der Waals surface area contributed by atoms with Gasteiger partial charge < -0.3 is 14.8 Å². The van der Waals surface area contributed by atoms with E-state index in [1.807, 2.05) is 32.0 Å². The predicted molar refractivity (Wildman–Crippen MR) is 86.9 cm³/mol. The van der Waals surface area contributed by atoms with Gasteiger partial charge in [0.25, 0.3) is 0 Å². The summed E-state index contributed by atoms with van der Waals surface area (Å²) in [5.41, 5.74) is 3.41. The Balaban J connectivity index is 2.82. The van der Waals surface area contributed by atoms with Crippen LogP contribution in [0.3, 0.4) is 0 Å². The molecule has 0 aromatic heterocycles. The second-order valence-electron chi connectivity index (χ2n) is 4.38. The van der Waals surface area contributed by atoms with E-state index in [1.165, 1.54) is 0 Å². The van der Waals surface area contributed by atoms with Crippen LogP contribution in [0.25, 0.3) is 0 Å². The first kappa shape index (κ1) is 17.1. The van der Waals surface area contributed by atoms with Gasteiger partial charge in [-0.2, -0.15) is 0 Å². The van der Waals surface area contributed by atoms with E-state index in [9.17, 15) is 0 Å². The molecule has 0 fully saturated rings. The fourth-order valence-electron chi connectivity index (χ4n) is 1.74. The average Bonchev–Trinajstić information content (AvgIpc) is 2.49. The molecular formula is C15H26N4O2. The zero-order valence-electron chi connectivity index (χ0n) is 13.1. The van der Waals surface area contributed by atoms with E-state index in [0.29, 0.717) is 24.9 Å². The topological polar surface area (TPSA) is 80.9 Å². The Hall–Kier alpha value is -1.95. The van der Waals surface area contributed by atoms with Crippen molar-refractivity contribution in [3.63, 3.8) is 0 Å². The van der Waals surface area contributed by atoms with Crippen LogP contribution in [-0.4, -0.2) is 25.7 Å². The highest BCUT2D eigenvalue weighted by Crippen LogP contribution is 2.30. The van der Waals surface area contributed by atoms with Crippen molar-refractivity contribution in [3.8, 4) is 11.5 Å². The van der Waals surface area contributed by atoms with Gasteiger partial charge in [0.2, 0.25) is 5.96 Å². The lowest BCUT2D eigenvalue weighted by Gasteiger charge is -2.14. The van der Waals surface area contributed by atoms with Gasteiger partial charge in [0, 0.05) is 18.3 Å². The number of hydrazine groups is 1. The van der Waals surface area contributed by atoms with Crippen molar-refractivity contribution < 1.29 is 9.47 Å². The lowest BCUT2D eigenvalue weighted by molar-refractivity contribution is 0.288. The quantitative estimate of drug-likeness (QED) is 0.226. The molecule has 1 aromatic rings. The van der Waals surface area contributed by atoms with Crippen LogP contribution in [0.15, 0.2) is 23.2 Å². The van der Waals surface area contributed by atoms with Gasteiger partial charge in [-0.15, -0.1) is 0 Å². The number of hydrogen-bond acceptors (Lipinski definition) is 4. The summed E-state index contributed by atoms with van der Waals surface area (Å²) in [4.78, 5) is 4.36. The van der Waals surface area contributed by atoms with Crippen LogP contribution in [0.4, 0.5) is 5.69 Å². The molecule has 0 aliphatic heterocycles. The van der Waals surface area contributed by atoms with Crippen LogP contribution in [0, 0.1) is 0 Å². The Kier molecular flexibility index (Phi) is 8.04. The lowest BCUT2D eigenvalue weighted by Crippen LogP contribution is -2.36. The predicted octanol–water partition coefficient (Wildman–Crippen LogP) is 2.52. The van der Waals surface area contributed by atoms with Crippen molar-refractivity contribution in [1.82, 2.24) is 5.43 Å². The number of nitrogens with zero attached hydrogens (tertiary/aromatic N) is 1. The van der Waals surface area contributed by atoms with Gasteiger partial charge in [0.1, 0.15) is 0 Å². The van der Waals surface area contributed by atoms with E-state index in [0.717, 1.165) is 30.8 Å². The minimum absolute atomic E-state index is 0.537. The largest absolute Gasteiger partial charge is 0.490 e. The highest BCUT2D eigenvalue weighted by molar-refractivity contribution is 5.93. The summed E-state index contributed by atoms with van der Waals surface area (Å²) >= 11 is 0. The maximum atomic E-state index is 5.59. The number of nitrogens with one attached hydrogen (secondary N) is 2. The summed E-state index contributed by atoms with van der Waals surface area (Å²) in [6.07, 6.45) is 2.12. The monoisotopic (exact) mass is 294 g/mol. The first-order valence-electron chi connectivity index (χ1n) is 7.42. The molecule has 0 aliphatic rings. The molecule has 0 amide bonds. The summed E-state index contributed by atoms with van der Waals surface area (Å²) < 4.78 is 11.1. The summed E-state index contributed by atoms with van der Waals surface area (Å²) in [7, 11) is 0. The van der Waals surface area contributed by atoms with E-state index in [2.05, 4.69) is 22.7 Å². The van der Waals surface area contributed by atoms with E-state index in [-0.39, 0.29) is 0 Å². The van der Waals surface area contributed by atoms with Crippen LogP contribution in [-0.2, 0) is 0 Å². The van der Waals surface area contributed by atoms with E-state index < -0.39 is 0 Å². The molecule has 4 N–H and O–H groups in total. The lowest BCUT2D eigenvalue weighted by atomic mass is 10.2. The van der Waals surface area contributed by atoms with Crippen LogP contribution < -0.4 is 26.1 Å². The first-order valence-corrected chi connectivity index (χ1v) is 7.42. The zero-order chi connectivity index (χ0) is 15.5. The number of benzene rings is 1. The van der Waals surface area contributed by atoms with E-state index >= 15 is 0 Å². The number of aliphatic imine (C=N–C) groups is 1. The number of hydrogen-bond donors (Lipinski definition) is 3. The van der Waals surface area contributed by atoms with Gasteiger partial charge in [-0.25, -0.2) is 5.84 Å². The van der Waals surface area contributed by atoms with Gasteiger partial charge in [-0.1, -0.05) is 13.3 Å². The Morgan fingerprint density at radius 2 is 1.86 bits per heavy atom. The van der Waals surface area contributed by atoms with E-state index in [1.54, 1.807) is 0 Å². The molecule has 0 saturated heterocycles. The maximum Gasteiger partial charge on any atom is 0.210 e. The first-order chi connectivity index (χ1) is 10.2. The SMILES string of the molecule is CCCCN=C(NN)Nc1ccc(OCC)c(OCC)c1. The fourth-order valence-corrected chi connectivity index (χ4v) is 1.74. The third kappa shape index (κ3) is 5.91. The van der Waals surface area contributed by atoms with Gasteiger partial charge in [-0.3, -0.25) is 10.4 Å². The van der Waals surface area contributed by atoms with Crippen molar-refractivity contribution in [1.29, 1.82) is 0 Å². The smallest absolute Gasteiger partial charge is 0.210 e. The molecule has 0 radical (unpaired) electrons. The molecule has 118 valence electrons. The Morgan fingerprint density at radius 1 is 1.14 bits per heavy atom. The van der Waals surface area contributed by atoms with Crippen LogP contribution in [0.2, 0.25) is 0 Å². The van der Waals surface area contributed by atoms with Crippen LogP contribution >= 0.6 is 0 Å². The second kappa shape index (κ2) is 9.88. The Labute approximate surface area is 126 Å². The molecule has 0 heterocycles. The molecule has 0 aliphatic carbocycles. The van der Waals surface area contributed by atoms with Crippen LogP contribution in [0.1, 0.15) is 33.6 Å². The molecule has 0 saturated carbocycles. The van der Waals surface area contributed by atoms with Gasteiger partial charge in [0.05, 0.1) is 13.2 Å². The van der Waals surface area contributed by atoms with Crippen molar-refractivity contribution in [2.45, 2.75) is 33.6 Å². The van der Waals surface area contributed by atoms with Gasteiger partial charge in [0.15, 0.2) is 11.5 Å². The highest BCUT2D eigenvalue weighted by Gasteiger charge is 2.07. The van der Waals surface area contributed by atoms with Crippen molar-refractivity contribution in [3.05, 3.63) is 18.2 Å². The number of rotatable bonds is 8. The molecular weight excluding hydrogens is 268 g/mol. The molecule has 1 rings (SSSR count). The molecule has 6 heteroatoms. The number of ether oxygens (including phenoxy) is 2. The number of unbranched alkanes of at least 4 members (excludes halogenated alkanes) is 1. The average molecular weight is 294 g/mol. The summed E-state index contributed by atoms with van der Waals surface area (Å²) in [5, 5.41) is 3.13. The van der Waals surface area contributed by atoms with Gasteiger partial charge >= 0.3 is 0 Å². The molecule has 1 aromatic carbocycles. The van der Waals surface area contributed by atoms with Crippen LogP contribution in [0.5, 0.6) is 11.5 Å². The third-order valence-electron chi connectivity index (χ3n) is 2.72. The second-order valence-corrected chi connectivity index (χ2v) is 4.38. The summed E-state index contributed by atoms with van der Waals surface area (Å²) in [6, 6.07) is 5.65. The van der Waals surface area contributed by atoms with Crippen molar-refractivity contribution >= 4 is 11.6 Å². The molecule has 0 unspecified atom stereocenters. The number of anilines is 1. The van der Waals surface area contributed by atoms with Gasteiger partial charge in [-0.05, 0) is 32.4 Å². The molecule has 0 atom stereocenters. The molecule has 0 spiro atoms. The number of nitrogens with two attached hydrogens (primary N) is 1. The van der Waals surface area contributed by atoms with E-state index in [4.69, 9.17) is 15.3 Å². The Bertz CT molecular complexity index is 449. The highest BCUT2D eigenvalue weighted by atomic mass is 16.5. The van der Waals surface area contributed by atoms with Crippen molar-refractivity contribution in [2.75, 3.05) is 25.1 Å². The summed E-state index contributed by atoms with van der Waals surface area (Å²) in [6.45, 7) is 7.92. The number of guanidine groups is 1. The third-order valence-corrected chi connectivity index (χ3v) is 2.72. The molecule has 21 heavy (non-hydrogen) atoms. The molecule has 0 bridgehead atoms. The van der Waals surface area contributed by atoms with Crippen molar-refractivity contribution in [2.24, 2.45) is 10.8 Å². The maximum absolute atomic E-state index is 5.59. The Morgan fingerprint density at radius 3 is 2.48 bits per heavy atom. The standard InChI is InChI=1S/C15H26N4O2/c1-4-7-10-17-15(19-16)18-12-8-9-13(20-5-2)14(11-12)21-6-3/h8-9,11H,4-7,10,16H2,1-3H3,(H2,17,18,19). The minimum atomic E-state index is 0.537.